The molecular weight excluding hydrogens is 284 g/mol. The van der Waals surface area contributed by atoms with Gasteiger partial charge < -0.3 is 9.30 Å². The number of fused-ring (bicyclic) bond motifs is 1. The van der Waals surface area contributed by atoms with E-state index < -0.39 is 0 Å². The Labute approximate surface area is 136 Å². The number of rotatable bonds is 5. The van der Waals surface area contributed by atoms with Crippen LogP contribution in [0, 0.1) is 0 Å². The lowest BCUT2D eigenvalue weighted by molar-refractivity contribution is 0.415. The van der Waals surface area contributed by atoms with Gasteiger partial charge in [0, 0.05) is 6.54 Å². The highest BCUT2D eigenvalue weighted by Crippen LogP contribution is 2.20. The summed E-state index contributed by atoms with van der Waals surface area (Å²) >= 11 is 0. The molecule has 0 radical (unpaired) electrons. The van der Waals surface area contributed by atoms with Gasteiger partial charge in [-0.25, -0.2) is 4.98 Å². The van der Waals surface area contributed by atoms with Crippen LogP contribution in [0.3, 0.4) is 0 Å². The molecule has 0 unspecified atom stereocenters. The summed E-state index contributed by atoms with van der Waals surface area (Å²) < 4.78 is 7.38. The number of hydrogen-bond donors (Lipinski definition) is 0. The average molecular weight is 304 g/mol. The fraction of sp³-hybridized carbons (Fsp3) is 0.150. The molecule has 3 rings (SSSR count). The van der Waals surface area contributed by atoms with Gasteiger partial charge in [0.05, 0.1) is 18.1 Å². The summed E-state index contributed by atoms with van der Waals surface area (Å²) in [4.78, 5) is 4.72. The smallest absolute Gasteiger partial charge is 0.134 e. The second-order valence-electron chi connectivity index (χ2n) is 5.61. The maximum atomic E-state index is 5.18. The first kappa shape index (κ1) is 15.1. The van der Waals surface area contributed by atoms with Crippen molar-refractivity contribution in [1.82, 2.24) is 9.55 Å². The molecule has 0 aliphatic rings. The highest BCUT2D eigenvalue weighted by atomic mass is 16.5. The van der Waals surface area contributed by atoms with Gasteiger partial charge in [-0.3, -0.25) is 0 Å². The summed E-state index contributed by atoms with van der Waals surface area (Å²) in [5.74, 6) is 1.79. The van der Waals surface area contributed by atoms with Gasteiger partial charge in [0.1, 0.15) is 11.6 Å². The Bertz CT molecular complexity index is 857. The van der Waals surface area contributed by atoms with Gasteiger partial charge in [0.25, 0.3) is 0 Å². The molecule has 0 saturated heterocycles. The Hall–Kier alpha value is -2.81. The van der Waals surface area contributed by atoms with E-state index in [4.69, 9.17) is 9.72 Å². The molecule has 0 aliphatic heterocycles. The lowest BCUT2D eigenvalue weighted by Gasteiger charge is -2.06. The second kappa shape index (κ2) is 6.53. The van der Waals surface area contributed by atoms with Crippen LogP contribution >= 0.6 is 0 Å². The Balaban J connectivity index is 1.97. The van der Waals surface area contributed by atoms with Crippen LogP contribution in [-0.2, 0) is 6.54 Å². The predicted molar refractivity (Wildman–Crippen MR) is 96.5 cm³/mol. The van der Waals surface area contributed by atoms with Gasteiger partial charge in [0.15, 0.2) is 0 Å². The molecule has 0 spiro atoms. The van der Waals surface area contributed by atoms with E-state index in [0.29, 0.717) is 0 Å². The van der Waals surface area contributed by atoms with E-state index in [1.54, 1.807) is 7.11 Å². The summed E-state index contributed by atoms with van der Waals surface area (Å²) in [6, 6.07) is 16.1. The monoisotopic (exact) mass is 304 g/mol. The minimum atomic E-state index is 0.767. The Morgan fingerprint density at radius 2 is 1.87 bits per heavy atom. The summed E-state index contributed by atoms with van der Waals surface area (Å²) in [6.45, 7) is 6.83. The molecule has 23 heavy (non-hydrogen) atoms. The normalized spacial score (nSPS) is 11.2. The Morgan fingerprint density at radius 3 is 2.57 bits per heavy atom. The molecule has 1 heterocycles. The molecular formula is C20H20N2O. The summed E-state index contributed by atoms with van der Waals surface area (Å²) in [5.41, 5.74) is 4.35. The minimum Gasteiger partial charge on any atom is -0.497 e. The number of imidazole rings is 1. The third kappa shape index (κ3) is 3.34. The van der Waals surface area contributed by atoms with Crippen LogP contribution in [-0.4, -0.2) is 16.7 Å². The lowest BCUT2D eigenvalue weighted by atomic mass is 10.2. The molecule has 0 bridgehead atoms. The largest absolute Gasteiger partial charge is 0.497 e. The average Bonchev–Trinajstić information content (AvgIpc) is 2.91. The Kier molecular flexibility index (Phi) is 4.29. The van der Waals surface area contributed by atoms with Crippen molar-refractivity contribution in [2.75, 3.05) is 7.11 Å². The van der Waals surface area contributed by atoms with E-state index in [1.807, 2.05) is 55.5 Å². The van der Waals surface area contributed by atoms with Gasteiger partial charge in [0.2, 0.25) is 0 Å². The fourth-order valence-electron chi connectivity index (χ4n) is 2.54. The van der Waals surface area contributed by atoms with Crippen molar-refractivity contribution >= 4 is 23.2 Å². The van der Waals surface area contributed by atoms with Gasteiger partial charge in [-0.15, -0.1) is 0 Å². The van der Waals surface area contributed by atoms with E-state index >= 15 is 0 Å². The van der Waals surface area contributed by atoms with Crippen LogP contribution in [0.25, 0.3) is 23.2 Å². The van der Waals surface area contributed by atoms with Crippen molar-refractivity contribution in [3.63, 3.8) is 0 Å². The summed E-state index contributed by atoms with van der Waals surface area (Å²) in [7, 11) is 1.67. The van der Waals surface area contributed by atoms with Crippen molar-refractivity contribution in [2.24, 2.45) is 0 Å². The van der Waals surface area contributed by atoms with Crippen molar-refractivity contribution in [3.05, 3.63) is 72.1 Å². The van der Waals surface area contributed by atoms with Gasteiger partial charge in [-0.1, -0.05) is 42.5 Å². The molecule has 3 aromatic rings. The first-order valence-electron chi connectivity index (χ1n) is 7.59. The number of allylic oxidation sites excluding steroid dienone is 1. The van der Waals surface area contributed by atoms with Crippen molar-refractivity contribution in [3.8, 4) is 5.75 Å². The molecule has 116 valence electrons. The van der Waals surface area contributed by atoms with E-state index in [-0.39, 0.29) is 0 Å². The van der Waals surface area contributed by atoms with Gasteiger partial charge in [-0.2, -0.15) is 0 Å². The minimum absolute atomic E-state index is 0.767. The molecule has 3 nitrogen and oxygen atoms in total. The molecule has 0 N–H and O–H groups in total. The predicted octanol–water partition coefficient (Wildman–Crippen LogP) is 4.79. The molecule has 0 aliphatic carbocycles. The maximum absolute atomic E-state index is 5.18. The summed E-state index contributed by atoms with van der Waals surface area (Å²) in [6.07, 6.45) is 4.11. The van der Waals surface area contributed by atoms with Gasteiger partial charge >= 0.3 is 0 Å². The van der Waals surface area contributed by atoms with Crippen LogP contribution in [0.5, 0.6) is 5.75 Å². The number of hydrogen-bond acceptors (Lipinski definition) is 2. The lowest BCUT2D eigenvalue weighted by Crippen LogP contribution is -2.00. The quantitative estimate of drug-likeness (QED) is 0.634. The van der Waals surface area contributed by atoms with Crippen LogP contribution in [0.15, 0.2) is 60.7 Å². The molecule has 0 saturated carbocycles. The zero-order chi connectivity index (χ0) is 16.2. The van der Waals surface area contributed by atoms with E-state index in [2.05, 4.69) is 23.3 Å². The van der Waals surface area contributed by atoms with Crippen molar-refractivity contribution in [2.45, 2.75) is 13.5 Å². The van der Waals surface area contributed by atoms with E-state index in [9.17, 15) is 0 Å². The third-order valence-electron chi connectivity index (χ3n) is 3.65. The summed E-state index contributed by atoms with van der Waals surface area (Å²) in [5, 5.41) is 0. The molecule has 1 aromatic heterocycles. The number of methoxy groups -OCH3 is 1. The standard InChI is InChI=1S/C20H20N2O/c1-15(2)14-22-19-7-5-4-6-18(19)21-20(22)13-10-16-8-11-17(23-3)12-9-16/h4-13H,1,14H2,2-3H3/b13-10+. The number of benzene rings is 2. The van der Waals surface area contributed by atoms with E-state index in [1.165, 1.54) is 0 Å². The SMILES string of the molecule is C=C(C)Cn1c(/C=C/c2ccc(OC)cc2)nc2ccccc21. The zero-order valence-corrected chi connectivity index (χ0v) is 13.5. The third-order valence-corrected chi connectivity index (χ3v) is 3.65. The first-order chi connectivity index (χ1) is 11.2. The number of ether oxygens (including phenoxy) is 1. The van der Waals surface area contributed by atoms with Gasteiger partial charge in [-0.05, 0) is 42.8 Å². The van der Waals surface area contributed by atoms with E-state index in [0.717, 1.165) is 40.3 Å². The van der Waals surface area contributed by atoms with Crippen LogP contribution in [0.2, 0.25) is 0 Å². The van der Waals surface area contributed by atoms with Crippen LogP contribution in [0.1, 0.15) is 18.3 Å². The molecule has 0 amide bonds. The molecule has 0 fully saturated rings. The Morgan fingerprint density at radius 1 is 1.13 bits per heavy atom. The second-order valence-corrected chi connectivity index (χ2v) is 5.61. The number of para-hydroxylation sites is 2. The van der Waals surface area contributed by atoms with Crippen molar-refractivity contribution < 1.29 is 4.74 Å². The maximum Gasteiger partial charge on any atom is 0.134 e. The first-order valence-corrected chi connectivity index (χ1v) is 7.59. The fourth-order valence-corrected chi connectivity index (χ4v) is 2.54. The number of aromatic nitrogens is 2. The highest BCUT2D eigenvalue weighted by molar-refractivity contribution is 5.80. The van der Waals surface area contributed by atoms with Crippen LogP contribution in [0.4, 0.5) is 0 Å². The van der Waals surface area contributed by atoms with Crippen LogP contribution < -0.4 is 4.74 Å². The number of nitrogens with zero attached hydrogens (tertiary/aromatic N) is 2. The molecule has 2 aromatic carbocycles. The topological polar surface area (TPSA) is 27.1 Å². The zero-order valence-electron chi connectivity index (χ0n) is 13.5. The molecule has 3 heteroatoms. The van der Waals surface area contributed by atoms with Crippen molar-refractivity contribution in [1.29, 1.82) is 0 Å². The molecule has 0 atom stereocenters. The highest BCUT2D eigenvalue weighted by Gasteiger charge is 2.07.